The van der Waals surface area contributed by atoms with Crippen LogP contribution in [0.25, 0.3) is 0 Å². The first-order valence-corrected chi connectivity index (χ1v) is 7.24. The van der Waals surface area contributed by atoms with Crippen molar-refractivity contribution in [2.45, 2.75) is 64.1 Å². The fourth-order valence-corrected chi connectivity index (χ4v) is 2.56. The van der Waals surface area contributed by atoms with E-state index in [1.807, 2.05) is 31.2 Å². The average Bonchev–Trinajstić information content (AvgIpc) is 2.67. The molecular weight excluding hydrogens is 224 g/mol. The van der Waals surface area contributed by atoms with Gasteiger partial charge in [0.25, 0.3) is 0 Å². The Morgan fingerprint density at radius 3 is 2.28 bits per heavy atom. The van der Waals surface area contributed by atoms with Crippen LogP contribution < -0.4 is 4.74 Å². The van der Waals surface area contributed by atoms with Crippen molar-refractivity contribution in [3.63, 3.8) is 0 Å². The van der Waals surface area contributed by atoms with Crippen LogP contribution in [0.4, 0.5) is 0 Å². The number of rotatable bonds is 4. The minimum absolute atomic E-state index is 0.350. The minimum Gasteiger partial charge on any atom is -0.490 e. The fraction of sp³-hybridized carbons (Fsp3) is 0.625. The van der Waals surface area contributed by atoms with E-state index in [1.165, 1.54) is 38.5 Å². The van der Waals surface area contributed by atoms with E-state index in [0.717, 1.165) is 17.7 Å². The number of hydrogen-bond donors (Lipinski definition) is 1. The van der Waals surface area contributed by atoms with Crippen LogP contribution >= 0.6 is 0 Å². The minimum atomic E-state index is -0.350. The maximum atomic E-state index is 9.74. The number of benzene rings is 1. The van der Waals surface area contributed by atoms with Gasteiger partial charge in [-0.25, -0.2) is 0 Å². The molecule has 1 aromatic rings. The molecule has 0 amide bonds. The molecule has 0 saturated heterocycles. The van der Waals surface area contributed by atoms with Gasteiger partial charge in [0.2, 0.25) is 0 Å². The molecule has 0 unspecified atom stereocenters. The van der Waals surface area contributed by atoms with Gasteiger partial charge >= 0.3 is 0 Å². The lowest BCUT2D eigenvalue weighted by Crippen LogP contribution is -2.15. The highest BCUT2D eigenvalue weighted by Crippen LogP contribution is 2.24. The largest absolute Gasteiger partial charge is 0.490 e. The summed E-state index contributed by atoms with van der Waals surface area (Å²) in [6, 6.07) is 7.92. The summed E-state index contributed by atoms with van der Waals surface area (Å²) < 4.78 is 6.02. The van der Waals surface area contributed by atoms with E-state index in [0.29, 0.717) is 6.10 Å². The van der Waals surface area contributed by atoms with Crippen LogP contribution in [0.15, 0.2) is 24.3 Å². The zero-order valence-electron chi connectivity index (χ0n) is 11.3. The van der Waals surface area contributed by atoms with E-state index in [9.17, 15) is 5.11 Å². The van der Waals surface area contributed by atoms with Crippen LogP contribution in [0.3, 0.4) is 0 Å². The first-order chi connectivity index (χ1) is 8.79. The van der Waals surface area contributed by atoms with Crippen molar-refractivity contribution < 1.29 is 9.84 Å². The second-order valence-corrected chi connectivity index (χ2v) is 5.22. The van der Waals surface area contributed by atoms with Gasteiger partial charge in [-0.3, -0.25) is 0 Å². The summed E-state index contributed by atoms with van der Waals surface area (Å²) in [6.07, 6.45) is 8.42. The maximum Gasteiger partial charge on any atom is 0.119 e. The first-order valence-electron chi connectivity index (χ1n) is 7.24. The Kier molecular flexibility index (Phi) is 5.06. The monoisotopic (exact) mass is 248 g/mol. The van der Waals surface area contributed by atoms with Crippen molar-refractivity contribution in [2.75, 3.05) is 0 Å². The van der Waals surface area contributed by atoms with Crippen molar-refractivity contribution in [3.05, 3.63) is 29.8 Å². The van der Waals surface area contributed by atoms with E-state index in [2.05, 4.69) is 0 Å². The summed E-state index contributed by atoms with van der Waals surface area (Å²) in [5.74, 6) is 0.939. The smallest absolute Gasteiger partial charge is 0.119 e. The van der Waals surface area contributed by atoms with Crippen LogP contribution in [-0.4, -0.2) is 11.2 Å². The third kappa shape index (κ3) is 3.74. The van der Waals surface area contributed by atoms with E-state index in [4.69, 9.17) is 4.74 Å². The Balaban J connectivity index is 1.92. The van der Waals surface area contributed by atoms with Gasteiger partial charge in [-0.2, -0.15) is 0 Å². The molecule has 1 fully saturated rings. The summed E-state index contributed by atoms with van der Waals surface area (Å²) in [5, 5.41) is 9.74. The van der Waals surface area contributed by atoms with Gasteiger partial charge in [0, 0.05) is 0 Å². The van der Waals surface area contributed by atoms with E-state index >= 15 is 0 Å². The first kappa shape index (κ1) is 13.4. The Hall–Kier alpha value is -1.02. The lowest BCUT2D eigenvalue weighted by atomic mass is 10.1. The van der Waals surface area contributed by atoms with Gasteiger partial charge < -0.3 is 9.84 Å². The molecule has 2 rings (SSSR count). The molecule has 100 valence electrons. The van der Waals surface area contributed by atoms with Gasteiger partial charge in [-0.1, -0.05) is 31.9 Å². The van der Waals surface area contributed by atoms with Crippen LogP contribution in [0, 0.1) is 0 Å². The summed E-state index contributed by atoms with van der Waals surface area (Å²) in [4.78, 5) is 0. The van der Waals surface area contributed by atoms with Crippen molar-refractivity contribution in [1.82, 2.24) is 0 Å². The SMILES string of the molecule is CC[C@@H](O)c1ccc(OC2CCCCCC2)cc1. The molecule has 1 aliphatic rings. The third-order valence-corrected chi connectivity index (χ3v) is 3.76. The van der Waals surface area contributed by atoms with E-state index in [-0.39, 0.29) is 6.10 Å². The lowest BCUT2D eigenvalue weighted by molar-refractivity contribution is 0.172. The molecule has 1 aromatic carbocycles. The summed E-state index contributed by atoms with van der Waals surface area (Å²) in [5.41, 5.74) is 0.978. The molecule has 1 saturated carbocycles. The zero-order chi connectivity index (χ0) is 12.8. The van der Waals surface area contributed by atoms with Crippen molar-refractivity contribution in [1.29, 1.82) is 0 Å². The molecule has 0 radical (unpaired) electrons. The van der Waals surface area contributed by atoms with Crippen LogP contribution in [0.1, 0.15) is 63.5 Å². The zero-order valence-corrected chi connectivity index (χ0v) is 11.3. The molecule has 0 aliphatic heterocycles. The van der Waals surface area contributed by atoms with Gasteiger partial charge in [-0.15, -0.1) is 0 Å². The Morgan fingerprint density at radius 1 is 1.11 bits per heavy atom. The molecule has 1 aliphatic carbocycles. The highest BCUT2D eigenvalue weighted by molar-refractivity contribution is 5.28. The molecule has 18 heavy (non-hydrogen) atoms. The lowest BCUT2D eigenvalue weighted by Gasteiger charge is -2.17. The Labute approximate surface area is 110 Å². The number of ether oxygens (including phenoxy) is 1. The fourth-order valence-electron chi connectivity index (χ4n) is 2.56. The normalized spacial score (nSPS) is 19.2. The topological polar surface area (TPSA) is 29.5 Å². The highest BCUT2D eigenvalue weighted by Gasteiger charge is 2.13. The summed E-state index contributed by atoms with van der Waals surface area (Å²) in [6.45, 7) is 1.99. The second-order valence-electron chi connectivity index (χ2n) is 5.22. The van der Waals surface area contributed by atoms with Crippen LogP contribution in [0.5, 0.6) is 5.75 Å². The van der Waals surface area contributed by atoms with E-state index < -0.39 is 0 Å². The predicted octanol–water partition coefficient (Wildman–Crippen LogP) is 4.23. The summed E-state index contributed by atoms with van der Waals surface area (Å²) in [7, 11) is 0. The van der Waals surface area contributed by atoms with Crippen LogP contribution in [0.2, 0.25) is 0 Å². The predicted molar refractivity (Wildman–Crippen MR) is 73.8 cm³/mol. The molecule has 2 heteroatoms. The van der Waals surface area contributed by atoms with Gasteiger partial charge in [0.05, 0.1) is 12.2 Å². The molecule has 1 atom stereocenters. The molecule has 1 N–H and O–H groups in total. The highest BCUT2D eigenvalue weighted by atomic mass is 16.5. The molecule has 0 heterocycles. The number of aliphatic hydroxyl groups excluding tert-OH is 1. The molecule has 0 spiro atoms. The van der Waals surface area contributed by atoms with Crippen molar-refractivity contribution in [2.24, 2.45) is 0 Å². The standard InChI is InChI=1S/C16H24O2/c1-2-16(17)13-9-11-15(12-10-13)18-14-7-5-3-4-6-8-14/h9-12,14,16-17H,2-8H2,1H3/t16-/m1/s1. The van der Waals surface area contributed by atoms with Crippen LogP contribution in [-0.2, 0) is 0 Å². The maximum absolute atomic E-state index is 9.74. The molecule has 2 nitrogen and oxygen atoms in total. The van der Waals surface area contributed by atoms with E-state index in [1.54, 1.807) is 0 Å². The number of aliphatic hydroxyl groups is 1. The summed E-state index contributed by atoms with van der Waals surface area (Å²) >= 11 is 0. The van der Waals surface area contributed by atoms with Crippen molar-refractivity contribution in [3.8, 4) is 5.75 Å². The van der Waals surface area contributed by atoms with Crippen molar-refractivity contribution >= 4 is 0 Å². The molecule has 0 aromatic heterocycles. The van der Waals surface area contributed by atoms with Gasteiger partial charge in [0.15, 0.2) is 0 Å². The Bertz CT molecular complexity index is 337. The number of hydrogen-bond acceptors (Lipinski definition) is 2. The Morgan fingerprint density at radius 2 is 1.72 bits per heavy atom. The quantitative estimate of drug-likeness (QED) is 0.808. The van der Waals surface area contributed by atoms with Gasteiger partial charge in [0.1, 0.15) is 5.75 Å². The molecular formula is C16H24O2. The second kappa shape index (κ2) is 6.79. The van der Waals surface area contributed by atoms with Gasteiger partial charge in [-0.05, 0) is 49.8 Å². The molecule has 0 bridgehead atoms. The third-order valence-electron chi connectivity index (χ3n) is 3.76. The average molecular weight is 248 g/mol.